The fourth-order valence-corrected chi connectivity index (χ4v) is 2.93. The zero-order valence-corrected chi connectivity index (χ0v) is 15.7. The Kier molecular flexibility index (Phi) is 5.60. The number of ketones is 1. The van der Waals surface area contributed by atoms with Crippen LogP contribution in [0.2, 0.25) is 0 Å². The van der Waals surface area contributed by atoms with Crippen molar-refractivity contribution in [1.82, 2.24) is 0 Å². The van der Waals surface area contributed by atoms with E-state index in [1.54, 1.807) is 30.3 Å². The number of hydrogen-bond donors (Lipinski definition) is 0. The average Bonchev–Trinajstić information content (AvgIpc) is 2.99. The first-order chi connectivity index (χ1) is 13.0. The number of carbonyl (C=O) groups excluding carboxylic acids is 2. The van der Waals surface area contributed by atoms with Gasteiger partial charge in [-0.3, -0.25) is 4.79 Å². The SMILES string of the molecule is CCOc1cc2c(cc1/C=C/C(=O)Oc1ccc(C(C)=O)cc1)O[C@@H](C)C2. The van der Waals surface area contributed by atoms with Crippen molar-refractivity contribution in [3.63, 3.8) is 0 Å². The predicted molar refractivity (Wildman–Crippen MR) is 103 cm³/mol. The van der Waals surface area contributed by atoms with E-state index in [-0.39, 0.29) is 11.9 Å². The molecule has 5 heteroatoms. The molecule has 5 nitrogen and oxygen atoms in total. The van der Waals surface area contributed by atoms with Gasteiger partial charge in [0.2, 0.25) is 0 Å². The van der Waals surface area contributed by atoms with E-state index in [0.717, 1.165) is 23.3 Å². The first-order valence-corrected chi connectivity index (χ1v) is 8.93. The van der Waals surface area contributed by atoms with Crippen molar-refractivity contribution in [3.8, 4) is 17.2 Å². The van der Waals surface area contributed by atoms with Crippen molar-refractivity contribution in [2.24, 2.45) is 0 Å². The molecule has 0 aromatic heterocycles. The van der Waals surface area contributed by atoms with Gasteiger partial charge in [0.05, 0.1) is 6.61 Å². The summed E-state index contributed by atoms with van der Waals surface area (Å²) in [4.78, 5) is 23.4. The van der Waals surface area contributed by atoms with Gasteiger partial charge in [0, 0.05) is 29.2 Å². The van der Waals surface area contributed by atoms with Crippen LogP contribution in [0, 0.1) is 0 Å². The fourth-order valence-electron chi connectivity index (χ4n) is 2.93. The standard InChI is InChI=1S/C22H22O5/c1-4-25-20-13-18-11-14(2)26-21(18)12-17(20)7-10-22(24)27-19-8-5-16(6-9-19)15(3)23/h5-10,12-14H,4,11H2,1-3H3/b10-7+/t14-/m0/s1. The second-order valence-corrected chi connectivity index (χ2v) is 6.40. The van der Waals surface area contributed by atoms with Crippen LogP contribution in [0.3, 0.4) is 0 Å². The van der Waals surface area contributed by atoms with Gasteiger partial charge in [-0.1, -0.05) is 0 Å². The summed E-state index contributed by atoms with van der Waals surface area (Å²) in [6, 6.07) is 10.3. The summed E-state index contributed by atoms with van der Waals surface area (Å²) in [5.74, 6) is 1.36. The van der Waals surface area contributed by atoms with Crippen LogP contribution >= 0.6 is 0 Å². The maximum atomic E-state index is 12.1. The largest absolute Gasteiger partial charge is 0.493 e. The number of benzene rings is 2. The van der Waals surface area contributed by atoms with Crippen LogP contribution in [0.4, 0.5) is 0 Å². The zero-order chi connectivity index (χ0) is 19.4. The van der Waals surface area contributed by atoms with Crippen LogP contribution in [0.15, 0.2) is 42.5 Å². The maximum Gasteiger partial charge on any atom is 0.336 e. The molecule has 0 amide bonds. The normalized spacial score (nSPS) is 15.3. The van der Waals surface area contributed by atoms with Gasteiger partial charge < -0.3 is 14.2 Å². The third-order valence-corrected chi connectivity index (χ3v) is 4.21. The quantitative estimate of drug-likeness (QED) is 0.331. The number of Topliss-reactive ketones (excluding diaryl/α,β-unsaturated/α-hetero) is 1. The van der Waals surface area contributed by atoms with Gasteiger partial charge in [-0.15, -0.1) is 0 Å². The molecule has 0 N–H and O–H groups in total. The Morgan fingerprint density at radius 3 is 2.63 bits per heavy atom. The number of hydrogen-bond acceptors (Lipinski definition) is 5. The third-order valence-electron chi connectivity index (χ3n) is 4.21. The monoisotopic (exact) mass is 366 g/mol. The van der Waals surface area contributed by atoms with Gasteiger partial charge in [-0.2, -0.15) is 0 Å². The van der Waals surface area contributed by atoms with Crippen molar-refractivity contribution in [2.45, 2.75) is 33.3 Å². The molecule has 0 fully saturated rings. The molecule has 0 radical (unpaired) electrons. The van der Waals surface area contributed by atoms with Gasteiger partial charge in [-0.25, -0.2) is 4.79 Å². The molecule has 1 aliphatic heterocycles. The molecule has 0 saturated carbocycles. The summed E-state index contributed by atoms with van der Waals surface area (Å²) in [6.07, 6.45) is 3.99. The van der Waals surface area contributed by atoms with Gasteiger partial charge in [0.25, 0.3) is 0 Å². The number of esters is 1. The van der Waals surface area contributed by atoms with Crippen molar-refractivity contribution >= 4 is 17.8 Å². The molecule has 1 aliphatic rings. The molecule has 0 bridgehead atoms. The minimum atomic E-state index is -0.511. The molecule has 2 aromatic rings. The first-order valence-electron chi connectivity index (χ1n) is 8.93. The van der Waals surface area contributed by atoms with E-state index in [0.29, 0.717) is 23.7 Å². The minimum Gasteiger partial charge on any atom is -0.493 e. The molecular formula is C22H22O5. The first kappa shape index (κ1) is 18.7. The van der Waals surface area contributed by atoms with E-state index in [1.807, 2.05) is 26.0 Å². The Morgan fingerprint density at radius 2 is 1.96 bits per heavy atom. The lowest BCUT2D eigenvalue weighted by molar-refractivity contribution is -0.128. The number of fused-ring (bicyclic) bond motifs is 1. The van der Waals surface area contributed by atoms with E-state index < -0.39 is 5.97 Å². The number of carbonyl (C=O) groups is 2. The van der Waals surface area contributed by atoms with Crippen LogP contribution in [-0.2, 0) is 11.2 Å². The molecule has 0 saturated heterocycles. The second kappa shape index (κ2) is 8.08. The minimum absolute atomic E-state index is 0.0376. The van der Waals surface area contributed by atoms with Crippen LogP contribution in [-0.4, -0.2) is 24.5 Å². The molecule has 140 valence electrons. The predicted octanol–water partition coefficient (Wildman–Crippen LogP) is 4.23. The fraction of sp³-hybridized carbons (Fsp3) is 0.273. The van der Waals surface area contributed by atoms with Crippen LogP contribution in [0.25, 0.3) is 6.08 Å². The summed E-state index contributed by atoms with van der Waals surface area (Å²) in [6.45, 7) is 5.95. The molecule has 0 spiro atoms. The highest BCUT2D eigenvalue weighted by Gasteiger charge is 2.21. The van der Waals surface area contributed by atoms with E-state index in [2.05, 4.69) is 0 Å². The number of ether oxygens (including phenoxy) is 3. The molecule has 27 heavy (non-hydrogen) atoms. The van der Waals surface area contributed by atoms with E-state index in [1.165, 1.54) is 13.0 Å². The van der Waals surface area contributed by atoms with Crippen molar-refractivity contribution in [2.75, 3.05) is 6.61 Å². The van der Waals surface area contributed by atoms with Crippen LogP contribution in [0.5, 0.6) is 17.2 Å². The smallest absolute Gasteiger partial charge is 0.336 e. The second-order valence-electron chi connectivity index (χ2n) is 6.40. The third kappa shape index (κ3) is 4.56. The highest BCUT2D eigenvalue weighted by atomic mass is 16.5. The lowest BCUT2D eigenvalue weighted by atomic mass is 10.1. The molecule has 3 rings (SSSR count). The van der Waals surface area contributed by atoms with E-state index in [9.17, 15) is 9.59 Å². The molecular weight excluding hydrogens is 344 g/mol. The topological polar surface area (TPSA) is 61.8 Å². The molecule has 1 heterocycles. The average molecular weight is 366 g/mol. The Balaban J connectivity index is 1.73. The highest BCUT2D eigenvalue weighted by molar-refractivity contribution is 5.94. The Labute approximate surface area is 158 Å². The summed E-state index contributed by atoms with van der Waals surface area (Å²) in [7, 11) is 0. The Bertz CT molecular complexity index is 880. The lowest BCUT2D eigenvalue weighted by Gasteiger charge is -2.10. The van der Waals surface area contributed by atoms with Crippen molar-refractivity contribution in [3.05, 3.63) is 59.2 Å². The lowest BCUT2D eigenvalue weighted by Crippen LogP contribution is -2.05. The van der Waals surface area contributed by atoms with Gasteiger partial charge in [-0.05, 0) is 63.2 Å². The summed E-state index contributed by atoms with van der Waals surface area (Å²) in [5.41, 5.74) is 2.43. The molecule has 0 unspecified atom stereocenters. The highest BCUT2D eigenvalue weighted by Crippen LogP contribution is 2.35. The van der Waals surface area contributed by atoms with E-state index >= 15 is 0 Å². The van der Waals surface area contributed by atoms with Crippen molar-refractivity contribution in [1.29, 1.82) is 0 Å². The van der Waals surface area contributed by atoms with Gasteiger partial charge in [0.15, 0.2) is 5.78 Å². The van der Waals surface area contributed by atoms with E-state index in [4.69, 9.17) is 14.2 Å². The van der Waals surface area contributed by atoms with Gasteiger partial charge >= 0.3 is 5.97 Å². The van der Waals surface area contributed by atoms with Crippen LogP contribution in [0.1, 0.15) is 42.3 Å². The zero-order valence-electron chi connectivity index (χ0n) is 15.7. The van der Waals surface area contributed by atoms with Crippen LogP contribution < -0.4 is 14.2 Å². The maximum absolute atomic E-state index is 12.1. The summed E-state index contributed by atoms with van der Waals surface area (Å²) in [5, 5.41) is 0. The number of rotatable bonds is 6. The Hall–Kier alpha value is -3.08. The molecule has 1 atom stereocenters. The summed E-state index contributed by atoms with van der Waals surface area (Å²) >= 11 is 0. The molecule has 0 aliphatic carbocycles. The van der Waals surface area contributed by atoms with Crippen molar-refractivity contribution < 1.29 is 23.8 Å². The Morgan fingerprint density at radius 1 is 1.22 bits per heavy atom. The van der Waals surface area contributed by atoms with Gasteiger partial charge in [0.1, 0.15) is 23.4 Å². The summed E-state index contributed by atoms with van der Waals surface area (Å²) < 4.78 is 16.7. The molecule has 2 aromatic carbocycles.